The Hall–Kier alpha value is -3.90. The van der Waals surface area contributed by atoms with Crippen molar-refractivity contribution in [2.24, 2.45) is 0 Å². The molecule has 1 aliphatic rings. The molecule has 0 saturated carbocycles. The molecule has 2 aromatic heterocycles. The Balaban J connectivity index is 1.39. The molecule has 0 radical (unpaired) electrons. The van der Waals surface area contributed by atoms with Crippen molar-refractivity contribution in [1.29, 1.82) is 0 Å². The summed E-state index contributed by atoms with van der Waals surface area (Å²) < 4.78 is 50.8. The zero-order valence-corrected chi connectivity index (χ0v) is 16.3. The molecule has 2 amide bonds. The number of ether oxygens (including phenoxy) is 1. The van der Waals surface area contributed by atoms with Gasteiger partial charge in [-0.1, -0.05) is 22.4 Å². The van der Waals surface area contributed by atoms with Crippen LogP contribution >= 0.6 is 0 Å². The van der Waals surface area contributed by atoms with Gasteiger partial charge in [0, 0.05) is 19.0 Å². The maximum Gasteiger partial charge on any atom is 0.573 e. The summed E-state index contributed by atoms with van der Waals surface area (Å²) in [5.74, 6) is -0.543. The number of nitrogens with one attached hydrogen (secondary N) is 1. The predicted molar refractivity (Wildman–Crippen MR) is 97.6 cm³/mol. The van der Waals surface area contributed by atoms with Gasteiger partial charge in [-0.3, -0.25) is 9.59 Å². The number of benzene rings is 1. The van der Waals surface area contributed by atoms with E-state index >= 15 is 0 Å². The van der Waals surface area contributed by atoms with Crippen LogP contribution in [0.3, 0.4) is 0 Å². The van der Waals surface area contributed by atoms with E-state index in [0.29, 0.717) is 12.0 Å². The highest BCUT2D eigenvalue weighted by atomic mass is 19.4. The zero-order valence-electron chi connectivity index (χ0n) is 16.3. The van der Waals surface area contributed by atoms with Crippen LogP contribution in [0.15, 0.2) is 45.6 Å². The topological polar surface area (TPSA) is 124 Å². The lowest BCUT2D eigenvalue weighted by molar-refractivity contribution is -0.274. The SMILES string of the molecule is O=C(NCc1noc([C@@H]2CCC(=O)N2Cc2ccc(OC(F)(F)F)cc2)n1)c1ccno1. The number of carbonyl (C=O) groups excluding carboxylic acids is 2. The van der Waals surface area contributed by atoms with Crippen molar-refractivity contribution in [2.45, 2.75) is 38.3 Å². The highest BCUT2D eigenvalue weighted by Crippen LogP contribution is 2.33. The summed E-state index contributed by atoms with van der Waals surface area (Å²) in [6.07, 6.45) is -2.73. The fourth-order valence-corrected chi connectivity index (χ4v) is 3.24. The number of carbonyl (C=O) groups is 2. The molecule has 0 bridgehead atoms. The van der Waals surface area contributed by atoms with E-state index in [-0.39, 0.29) is 48.6 Å². The number of alkyl halides is 3. The second-order valence-corrected chi connectivity index (χ2v) is 6.88. The maximum atomic E-state index is 12.4. The summed E-state index contributed by atoms with van der Waals surface area (Å²) >= 11 is 0. The van der Waals surface area contributed by atoms with Crippen molar-refractivity contribution in [3.05, 3.63) is 59.6 Å². The molecule has 13 heteroatoms. The van der Waals surface area contributed by atoms with Gasteiger partial charge in [0.2, 0.25) is 17.6 Å². The van der Waals surface area contributed by atoms with E-state index in [4.69, 9.17) is 9.05 Å². The third-order valence-corrected chi connectivity index (χ3v) is 4.68. The lowest BCUT2D eigenvalue weighted by Crippen LogP contribution is -2.27. The van der Waals surface area contributed by atoms with E-state index in [1.165, 1.54) is 41.4 Å². The van der Waals surface area contributed by atoms with Crippen molar-refractivity contribution in [3.63, 3.8) is 0 Å². The van der Waals surface area contributed by atoms with E-state index < -0.39 is 18.3 Å². The first-order valence-corrected chi connectivity index (χ1v) is 9.44. The predicted octanol–water partition coefficient (Wildman–Crippen LogP) is 2.75. The highest BCUT2D eigenvalue weighted by Gasteiger charge is 2.36. The Labute approximate surface area is 178 Å². The second-order valence-electron chi connectivity index (χ2n) is 6.88. The van der Waals surface area contributed by atoms with Gasteiger partial charge in [0.05, 0.1) is 12.7 Å². The third-order valence-electron chi connectivity index (χ3n) is 4.68. The molecule has 10 nitrogen and oxygen atoms in total. The Kier molecular flexibility index (Phi) is 5.79. The van der Waals surface area contributed by atoms with Gasteiger partial charge in [-0.25, -0.2) is 0 Å². The summed E-state index contributed by atoms with van der Waals surface area (Å²) in [6.45, 7) is 0.125. The van der Waals surface area contributed by atoms with E-state index in [1.54, 1.807) is 0 Å². The lowest BCUT2D eigenvalue weighted by atomic mass is 10.1. The molecule has 168 valence electrons. The number of aromatic nitrogens is 3. The molecule has 32 heavy (non-hydrogen) atoms. The molecular formula is C19H16F3N5O5. The largest absolute Gasteiger partial charge is 0.573 e. The molecule has 1 aliphatic heterocycles. The van der Waals surface area contributed by atoms with E-state index in [1.807, 2.05) is 0 Å². The first-order chi connectivity index (χ1) is 15.3. The van der Waals surface area contributed by atoms with Gasteiger partial charge in [-0.05, 0) is 24.1 Å². The van der Waals surface area contributed by atoms with Crippen LogP contribution in [0.5, 0.6) is 5.75 Å². The minimum absolute atomic E-state index is 0.0234. The van der Waals surface area contributed by atoms with Crippen molar-refractivity contribution >= 4 is 11.8 Å². The van der Waals surface area contributed by atoms with Crippen LogP contribution in [0, 0.1) is 0 Å². The molecule has 1 aromatic carbocycles. The molecule has 0 spiro atoms. The van der Waals surface area contributed by atoms with Gasteiger partial charge in [0.1, 0.15) is 11.8 Å². The quantitative estimate of drug-likeness (QED) is 0.582. The lowest BCUT2D eigenvalue weighted by Gasteiger charge is -2.22. The number of rotatable bonds is 7. The molecule has 0 unspecified atom stereocenters. The molecule has 3 heterocycles. The molecule has 1 N–H and O–H groups in total. The smallest absolute Gasteiger partial charge is 0.406 e. The average molecular weight is 451 g/mol. The van der Waals surface area contributed by atoms with Crippen LogP contribution in [-0.4, -0.2) is 38.4 Å². The Morgan fingerprint density at radius 2 is 2.00 bits per heavy atom. The van der Waals surface area contributed by atoms with E-state index in [0.717, 1.165) is 0 Å². The fraction of sp³-hybridized carbons (Fsp3) is 0.316. The second kappa shape index (κ2) is 8.69. The summed E-state index contributed by atoms with van der Waals surface area (Å²) in [5.41, 5.74) is 0.610. The first-order valence-electron chi connectivity index (χ1n) is 9.44. The average Bonchev–Trinajstić information content (AvgIpc) is 3.49. The highest BCUT2D eigenvalue weighted by molar-refractivity contribution is 5.91. The molecule has 4 rings (SSSR count). The first kappa shape index (κ1) is 21.3. The monoisotopic (exact) mass is 451 g/mol. The van der Waals surface area contributed by atoms with Gasteiger partial charge in [-0.2, -0.15) is 4.98 Å². The van der Waals surface area contributed by atoms with Crippen LogP contribution in [-0.2, 0) is 17.9 Å². The van der Waals surface area contributed by atoms with Crippen molar-refractivity contribution in [3.8, 4) is 5.75 Å². The Bertz CT molecular complexity index is 1080. The standard InChI is InChI=1S/C19H16F3N5O5/c20-19(21,22)30-12-3-1-11(2-4-12)10-27-13(5-6-16(27)28)18-25-15(26-32-18)9-23-17(29)14-7-8-24-31-14/h1-4,7-8,13H,5-6,9-10H2,(H,23,29)/t13-/m0/s1. The van der Waals surface area contributed by atoms with E-state index in [9.17, 15) is 22.8 Å². The van der Waals surface area contributed by atoms with Crippen LogP contribution in [0.4, 0.5) is 13.2 Å². The van der Waals surface area contributed by atoms with Gasteiger partial charge in [-0.15, -0.1) is 13.2 Å². The molecule has 1 fully saturated rings. The van der Waals surface area contributed by atoms with Gasteiger partial charge >= 0.3 is 6.36 Å². The Morgan fingerprint density at radius 3 is 2.69 bits per heavy atom. The number of likely N-dealkylation sites (tertiary alicyclic amines) is 1. The number of hydrogen-bond acceptors (Lipinski definition) is 8. The molecule has 0 aliphatic carbocycles. The van der Waals surface area contributed by atoms with Crippen LogP contribution in [0.2, 0.25) is 0 Å². The van der Waals surface area contributed by atoms with Crippen molar-refractivity contribution in [1.82, 2.24) is 25.5 Å². The van der Waals surface area contributed by atoms with E-state index in [2.05, 4.69) is 25.4 Å². The summed E-state index contributed by atoms with van der Waals surface area (Å²) in [7, 11) is 0. The van der Waals surface area contributed by atoms with Crippen molar-refractivity contribution < 1.29 is 36.5 Å². The number of nitrogens with zero attached hydrogens (tertiary/aromatic N) is 4. The summed E-state index contributed by atoms with van der Waals surface area (Å²) in [5, 5.41) is 9.82. The fourth-order valence-electron chi connectivity index (χ4n) is 3.24. The number of halogens is 3. The Morgan fingerprint density at radius 1 is 1.22 bits per heavy atom. The molecular weight excluding hydrogens is 435 g/mol. The molecule has 1 atom stereocenters. The van der Waals surface area contributed by atoms with Gasteiger partial charge < -0.3 is 24.0 Å². The minimum atomic E-state index is -4.78. The zero-order chi connectivity index (χ0) is 22.7. The van der Waals surface area contributed by atoms with Crippen LogP contribution in [0.25, 0.3) is 0 Å². The third kappa shape index (κ3) is 5.04. The normalized spacial score (nSPS) is 16.4. The van der Waals surface area contributed by atoms with Crippen molar-refractivity contribution in [2.75, 3.05) is 0 Å². The van der Waals surface area contributed by atoms with Gasteiger partial charge in [0.15, 0.2) is 5.82 Å². The molecule has 3 aromatic rings. The summed E-state index contributed by atoms with van der Waals surface area (Å²) in [4.78, 5) is 30.0. The number of hydrogen-bond donors (Lipinski definition) is 1. The number of amides is 2. The molecule has 1 saturated heterocycles. The summed E-state index contributed by atoms with van der Waals surface area (Å²) in [6, 6.07) is 6.17. The maximum absolute atomic E-state index is 12.4. The van der Waals surface area contributed by atoms with Crippen LogP contribution < -0.4 is 10.1 Å². The van der Waals surface area contributed by atoms with Crippen LogP contribution in [0.1, 0.15) is 46.7 Å². The minimum Gasteiger partial charge on any atom is -0.406 e. The van der Waals surface area contributed by atoms with Gasteiger partial charge in [0.25, 0.3) is 5.91 Å².